The van der Waals surface area contributed by atoms with Crippen LogP contribution in [0.5, 0.6) is 0 Å². The molecular weight excluding hydrogens is 270 g/mol. The van der Waals surface area contributed by atoms with Gasteiger partial charge in [-0.1, -0.05) is 36.3 Å². The fraction of sp³-hybridized carbons (Fsp3) is 0.105. The van der Waals surface area contributed by atoms with Crippen molar-refractivity contribution in [2.75, 3.05) is 0 Å². The zero-order valence-corrected chi connectivity index (χ0v) is 12.3. The molecule has 0 bridgehead atoms. The van der Waals surface area contributed by atoms with E-state index in [2.05, 4.69) is 58.5 Å². The minimum absolute atomic E-state index is 0.511. The Labute approximate surface area is 128 Å². The van der Waals surface area contributed by atoms with Gasteiger partial charge in [-0.2, -0.15) is 0 Å². The number of benzene rings is 2. The highest BCUT2D eigenvalue weighted by Gasteiger charge is 2.15. The van der Waals surface area contributed by atoms with Gasteiger partial charge >= 0.3 is 0 Å². The molecule has 0 saturated heterocycles. The third kappa shape index (κ3) is 1.74. The molecule has 0 aliphatic carbocycles. The summed E-state index contributed by atoms with van der Waals surface area (Å²) >= 11 is 0. The van der Waals surface area contributed by atoms with E-state index in [1.54, 1.807) is 0 Å². The molecule has 0 spiro atoms. The third-order valence-electron chi connectivity index (χ3n) is 4.08. The Balaban J connectivity index is 2.05. The highest BCUT2D eigenvalue weighted by Crippen LogP contribution is 2.29. The maximum absolute atomic E-state index is 5.57. The smallest absolute Gasteiger partial charge is 0.158 e. The number of aryl methyl sites for hydroxylation is 1. The summed E-state index contributed by atoms with van der Waals surface area (Å²) in [5.74, 6) is 3.65. The Morgan fingerprint density at radius 1 is 1.05 bits per heavy atom. The number of aromatic nitrogens is 3. The molecule has 3 nitrogen and oxygen atoms in total. The van der Waals surface area contributed by atoms with Gasteiger partial charge in [0.05, 0.1) is 23.3 Å². The van der Waals surface area contributed by atoms with E-state index in [-0.39, 0.29) is 0 Å². The van der Waals surface area contributed by atoms with Crippen molar-refractivity contribution >= 4 is 21.9 Å². The van der Waals surface area contributed by atoms with Crippen molar-refractivity contribution < 1.29 is 0 Å². The maximum atomic E-state index is 5.57. The second-order valence-corrected chi connectivity index (χ2v) is 5.36. The molecule has 2 heterocycles. The summed E-state index contributed by atoms with van der Waals surface area (Å²) < 4.78 is 4.27. The summed E-state index contributed by atoms with van der Waals surface area (Å²) in [6, 6.07) is 18.6. The fourth-order valence-corrected chi connectivity index (χ4v) is 3.03. The van der Waals surface area contributed by atoms with Crippen LogP contribution in [0.2, 0.25) is 0 Å². The molecule has 2 aromatic carbocycles. The number of rotatable bonds is 2. The lowest BCUT2D eigenvalue weighted by Crippen LogP contribution is -2.02. The summed E-state index contributed by atoms with van der Waals surface area (Å²) in [7, 11) is 2.07. The van der Waals surface area contributed by atoms with Gasteiger partial charge in [0.25, 0.3) is 0 Å². The van der Waals surface area contributed by atoms with E-state index >= 15 is 0 Å². The SMILES string of the molecule is C#CCn1c(-c2cc3ccccc3n2C)nc2ccccc21. The molecular formula is C19H15N3. The minimum Gasteiger partial charge on any atom is -0.341 e. The summed E-state index contributed by atoms with van der Waals surface area (Å²) in [6.45, 7) is 0.511. The van der Waals surface area contributed by atoms with Crippen LogP contribution >= 0.6 is 0 Å². The Morgan fingerprint density at radius 3 is 2.55 bits per heavy atom. The second-order valence-electron chi connectivity index (χ2n) is 5.36. The highest BCUT2D eigenvalue weighted by molar-refractivity contribution is 5.88. The molecule has 3 heteroatoms. The van der Waals surface area contributed by atoms with Crippen LogP contribution in [0.1, 0.15) is 0 Å². The van der Waals surface area contributed by atoms with Gasteiger partial charge in [0.15, 0.2) is 5.82 Å². The quantitative estimate of drug-likeness (QED) is 0.513. The van der Waals surface area contributed by atoms with Crippen LogP contribution in [0.4, 0.5) is 0 Å². The first kappa shape index (κ1) is 12.7. The fourth-order valence-electron chi connectivity index (χ4n) is 3.03. The number of hydrogen-bond donors (Lipinski definition) is 0. The normalized spacial score (nSPS) is 11.1. The number of para-hydroxylation sites is 3. The van der Waals surface area contributed by atoms with Gasteiger partial charge in [-0.25, -0.2) is 4.98 Å². The van der Waals surface area contributed by atoms with Gasteiger partial charge in [0, 0.05) is 18.0 Å². The molecule has 0 saturated carbocycles. The average Bonchev–Trinajstić information content (AvgIpc) is 3.07. The number of imidazole rings is 1. The van der Waals surface area contributed by atoms with Crippen molar-refractivity contribution in [1.82, 2.24) is 14.1 Å². The first-order valence-electron chi connectivity index (χ1n) is 7.23. The summed E-state index contributed by atoms with van der Waals surface area (Å²) in [5.41, 5.74) is 4.31. The van der Waals surface area contributed by atoms with Gasteiger partial charge in [-0.05, 0) is 24.3 Å². The molecule has 0 aliphatic rings. The Bertz CT molecular complexity index is 1030. The van der Waals surface area contributed by atoms with E-state index in [1.165, 1.54) is 10.9 Å². The first-order chi connectivity index (χ1) is 10.8. The standard InChI is InChI=1S/C19H15N3/c1-3-12-22-17-11-7-5-9-15(17)20-19(22)18-13-14-8-4-6-10-16(14)21(18)2/h1,4-11,13H,12H2,2H3. The van der Waals surface area contributed by atoms with Crippen LogP contribution in [-0.4, -0.2) is 14.1 Å². The van der Waals surface area contributed by atoms with Crippen molar-refractivity contribution in [3.8, 4) is 23.9 Å². The lowest BCUT2D eigenvalue weighted by atomic mass is 10.2. The van der Waals surface area contributed by atoms with Crippen molar-refractivity contribution in [2.24, 2.45) is 7.05 Å². The topological polar surface area (TPSA) is 22.8 Å². The molecule has 0 aliphatic heterocycles. The highest BCUT2D eigenvalue weighted by atomic mass is 15.1. The Kier molecular flexibility index (Phi) is 2.77. The van der Waals surface area contributed by atoms with Crippen LogP contribution < -0.4 is 0 Å². The number of terminal acetylenes is 1. The van der Waals surface area contributed by atoms with Gasteiger partial charge in [-0.15, -0.1) is 6.42 Å². The van der Waals surface area contributed by atoms with Crippen LogP contribution in [-0.2, 0) is 13.6 Å². The van der Waals surface area contributed by atoms with E-state index in [4.69, 9.17) is 11.4 Å². The summed E-state index contributed by atoms with van der Waals surface area (Å²) in [6.07, 6.45) is 5.57. The number of nitrogens with zero attached hydrogens (tertiary/aromatic N) is 3. The van der Waals surface area contributed by atoms with E-state index in [1.807, 2.05) is 18.2 Å². The maximum Gasteiger partial charge on any atom is 0.158 e. The van der Waals surface area contributed by atoms with Crippen LogP contribution in [0.25, 0.3) is 33.5 Å². The van der Waals surface area contributed by atoms with Crippen molar-refractivity contribution in [1.29, 1.82) is 0 Å². The van der Waals surface area contributed by atoms with Gasteiger partial charge in [0.2, 0.25) is 0 Å². The molecule has 4 rings (SSSR count). The van der Waals surface area contributed by atoms with Crippen LogP contribution in [0, 0.1) is 12.3 Å². The third-order valence-corrected chi connectivity index (χ3v) is 4.08. The monoisotopic (exact) mass is 285 g/mol. The van der Waals surface area contributed by atoms with Crippen molar-refractivity contribution in [3.05, 3.63) is 54.6 Å². The van der Waals surface area contributed by atoms with E-state index < -0.39 is 0 Å². The lowest BCUT2D eigenvalue weighted by Gasteiger charge is -2.07. The zero-order chi connectivity index (χ0) is 15.1. The summed E-state index contributed by atoms with van der Waals surface area (Å²) in [4.78, 5) is 4.80. The van der Waals surface area contributed by atoms with Crippen molar-refractivity contribution in [3.63, 3.8) is 0 Å². The van der Waals surface area contributed by atoms with Gasteiger partial charge in [0.1, 0.15) is 0 Å². The van der Waals surface area contributed by atoms with Crippen LogP contribution in [0.15, 0.2) is 54.6 Å². The molecule has 0 fully saturated rings. The van der Waals surface area contributed by atoms with Crippen LogP contribution in [0.3, 0.4) is 0 Å². The molecule has 22 heavy (non-hydrogen) atoms. The van der Waals surface area contributed by atoms with E-state index in [0.29, 0.717) is 6.54 Å². The van der Waals surface area contributed by atoms with E-state index in [0.717, 1.165) is 22.6 Å². The van der Waals surface area contributed by atoms with Gasteiger partial charge in [-0.3, -0.25) is 0 Å². The number of fused-ring (bicyclic) bond motifs is 2. The molecule has 0 atom stereocenters. The molecule has 4 aromatic rings. The molecule has 106 valence electrons. The largest absolute Gasteiger partial charge is 0.341 e. The predicted octanol–water partition coefficient (Wildman–Crippen LogP) is 3.83. The Hall–Kier alpha value is -2.99. The number of hydrogen-bond acceptors (Lipinski definition) is 1. The first-order valence-corrected chi connectivity index (χ1v) is 7.23. The molecule has 0 radical (unpaired) electrons. The predicted molar refractivity (Wildman–Crippen MR) is 90.5 cm³/mol. The molecule has 0 amide bonds. The Morgan fingerprint density at radius 2 is 1.77 bits per heavy atom. The van der Waals surface area contributed by atoms with Gasteiger partial charge < -0.3 is 9.13 Å². The molecule has 0 unspecified atom stereocenters. The van der Waals surface area contributed by atoms with Crippen molar-refractivity contribution in [2.45, 2.75) is 6.54 Å². The molecule has 2 aromatic heterocycles. The van der Waals surface area contributed by atoms with E-state index in [9.17, 15) is 0 Å². The minimum atomic E-state index is 0.511. The zero-order valence-electron chi connectivity index (χ0n) is 12.3. The average molecular weight is 285 g/mol. The lowest BCUT2D eigenvalue weighted by molar-refractivity contribution is 0.858. The molecule has 0 N–H and O–H groups in total. The summed E-state index contributed by atoms with van der Waals surface area (Å²) in [5, 5.41) is 1.21. The second kappa shape index (κ2) is 4.78.